The molecule has 0 aliphatic carbocycles. The third-order valence-corrected chi connectivity index (χ3v) is 7.77. The summed E-state index contributed by atoms with van der Waals surface area (Å²) in [6.07, 6.45) is 2.58. The molecule has 4 rings (SSSR count). The number of carbonyl (C=O) groups is 1. The minimum atomic E-state index is -0.940. The fourth-order valence-corrected chi connectivity index (χ4v) is 5.28. The Labute approximate surface area is 249 Å². The van der Waals surface area contributed by atoms with Crippen LogP contribution >= 0.6 is 0 Å². The molecule has 1 aliphatic rings. The Bertz CT molecular complexity index is 1290. The van der Waals surface area contributed by atoms with Gasteiger partial charge in [0.05, 0.1) is 6.10 Å². The van der Waals surface area contributed by atoms with E-state index in [-0.39, 0.29) is 30.1 Å². The Hall–Kier alpha value is -3.50. The summed E-state index contributed by atoms with van der Waals surface area (Å²) in [7, 11) is 3.60. The van der Waals surface area contributed by atoms with Crippen LogP contribution in [0.3, 0.4) is 0 Å². The van der Waals surface area contributed by atoms with Gasteiger partial charge in [-0.2, -0.15) is 0 Å². The number of urea groups is 1. The van der Waals surface area contributed by atoms with E-state index >= 15 is 0 Å². The number of benzene rings is 2. The first kappa shape index (κ1) is 31.4. The van der Waals surface area contributed by atoms with E-state index in [4.69, 9.17) is 9.47 Å². The Balaban J connectivity index is 1.57. The lowest BCUT2D eigenvalue weighted by Crippen LogP contribution is -2.45. The van der Waals surface area contributed by atoms with Gasteiger partial charge < -0.3 is 25.2 Å². The molecular weight excluding hydrogens is 530 g/mol. The molecule has 3 aromatic rings. The molecule has 0 bridgehead atoms. The van der Waals surface area contributed by atoms with E-state index in [9.17, 15) is 9.90 Å². The van der Waals surface area contributed by atoms with Crippen LogP contribution in [0.1, 0.15) is 45.0 Å². The third-order valence-electron chi connectivity index (χ3n) is 7.77. The smallest absolute Gasteiger partial charge is 0.319 e. The number of amides is 2. The van der Waals surface area contributed by atoms with Gasteiger partial charge in [-0.1, -0.05) is 31.2 Å². The van der Waals surface area contributed by atoms with Gasteiger partial charge in [-0.25, -0.2) is 4.79 Å². The summed E-state index contributed by atoms with van der Waals surface area (Å²) in [6.45, 7) is 10.7. The third kappa shape index (κ3) is 8.29. The molecule has 42 heavy (non-hydrogen) atoms. The van der Waals surface area contributed by atoms with Gasteiger partial charge in [-0.15, -0.1) is 0 Å². The number of pyridine rings is 1. The van der Waals surface area contributed by atoms with E-state index in [1.54, 1.807) is 19.2 Å². The number of hydrogen-bond donors (Lipinski definition) is 3. The monoisotopic (exact) mass is 575 g/mol. The lowest BCUT2D eigenvalue weighted by atomic mass is 10.0. The molecule has 2 aromatic carbocycles. The van der Waals surface area contributed by atoms with Crippen molar-refractivity contribution >= 4 is 11.7 Å². The second-order valence-electron chi connectivity index (χ2n) is 11.6. The van der Waals surface area contributed by atoms with Crippen molar-refractivity contribution < 1.29 is 19.4 Å². The summed E-state index contributed by atoms with van der Waals surface area (Å²) in [4.78, 5) is 20.7. The maximum Gasteiger partial charge on any atom is 0.319 e. The van der Waals surface area contributed by atoms with Crippen molar-refractivity contribution in [2.24, 2.45) is 5.92 Å². The zero-order valence-corrected chi connectivity index (χ0v) is 25.6. The number of nitrogens with one attached hydrogen (secondary N) is 2. The molecule has 226 valence electrons. The molecule has 0 saturated heterocycles. The van der Waals surface area contributed by atoms with E-state index in [2.05, 4.69) is 58.6 Å². The number of nitrogens with zero attached hydrogens (tertiary/aromatic N) is 3. The van der Waals surface area contributed by atoms with Gasteiger partial charge in [0.1, 0.15) is 18.6 Å². The quantitative estimate of drug-likeness (QED) is 0.375. The van der Waals surface area contributed by atoms with Crippen LogP contribution in [-0.4, -0.2) is 78.0 Å². The van der Waals surface area contributed by atoms with Crippen molar-refractivity contribution in [2.75, 3.05) is 39.2 Å². The van der Waals surface area contributed by atoms with Gasteiger partial charge in [0.2, 0.25) is 0 Å². The minimum Gasteiger partial charge on any atom is -0.492 e. The number of aliphatic hydroxyl groups is 1. The van der Waals surface area contributed by atoms with Gasteiger partial charge in [-0.3, -0.25) is 14.8 Å². The van der Waals surface area contributed by atoms with Crippen LogP contribution in [0.15, 0.2) is 67.0 Å². The number of methoxy groups -OCH3 is 1. The van der Waals surface area contributed by atoms with Crippen molar-refractivity contribution in [3.05, 3.63) is 78.1 Å². The molecule has 4 atom stereocenters. The number of anilines is 1. The molecular formula is C33H45N5O4. The van der Waals surface area contributed by atoms with E-state index in [1.165, 1.54) is 5.56 Å². The van der Waals surface area contributed by atoms with Crippen LogP contribution in [0.2, 0.25) is 0 Å². The summed E-state index contributed by atoms with van der Waals surface area (Å²) < 4.78 is 12.3. The highest BCUT2D eigenvalue weighted by Gasteiger charge is 2.29. The predicted octanol–water partition coefficient (Wildman–Crippen LogP) is 5.14. The Morgan fingerprint density at radius 3 is 2.43 bits per heavy atom. The number of aliphatic hydroxyl groups excluding tert-OH is 1. The number of ether oxygens (including phenoxy) is 2. The van der Waals surface area contributed by atoms with E-state index in [0.717, 1.165) is 24.2 Å². The number of aromatic nitrogens is 1. The maximum absolute atomic E-state index is 12.3. The zero-order chi connectivity index (χ0) is 30.2. The minimum absolute atomic E-state index is 0.00564. The molecule has 0 radical (unpaired) electrons. The SMILES string of the molecule is CO[C@H]1CN(C)C(O)c2cc(NC(=O)NC(C)C)ccc2OC[C@H](C)N(Cc2ccc(-c3ccncc3)cc2)C[C@@H]1C. The average Bonchev–Trinajstić information content (AvgIpc) is 2.98. The summed E-state index contributed by atoms with van der Waals surface area (Å²) in [6, 6.07) is 17.9. The maximum atomic E-state index is 12.3. The predicted molar refractivity (Wildman–Crippen MR) is 166 cm³/mol. The second-order valence-corrected chi connectivity index (χ2v) is 11.6. The highest BCUT2D eigenvalue weighted by atomic mass is 16.5. The number of hydrogen-bond acceptors (Lipinski definition) is 7. The number of fused-ring (bicyclic) bond motifs is 1. The molecule has 2 heterocycles. The Morgan fingerprint density at radius 1 is 1.07 bits per heavy atom. The molecule has 0 fully saturated rings. The van der Waals surface area contributed by atoms with E-state index in [1.807, 2.05) is 56.4 Å². The lowest BCUT2D eigenvalue weighted by Gasteiger charge is -2.37. The van der Waals surface area contributed by atoms with Crippen molar-refractivity contribution in [1.82, 2.24) is 20.1 Å². The molecule has 3 N–H and O–H groups in total. The van der Waals surface area contributed by atoms with Gasteiger partial charge in [0.15, 0.2) is 0 Å². The van der Waals surface area contributed by atoms with Crippen LogP contribution in [0.5, 0.6) is 5.75 Å². The zero-order valence-electron chi connectivity index (χ0n) is 25.6. The summed E-state index contributed by atoms with van der Waals surface area (Å²) in [5, 5.41) is 17.1. The van der Waals surface area contributed by atoms with Crippen molar-refractivity contribution in [1.29, 1.82) is 0 Å². The molecule has 0 spiro atoms. The number of likely N-dealkylation sites (N-methyl/N-ethyl adjacent to an activating group) is 1. The van der Waals surface area contributed by atoms with Crippen LogP contribution in [0.4, 0.5) is 10.5 Å². The first-order valence-corrected chi connectivity index (χ1v) is 14.6. The molecule has 9 heteroatoms. The van der Waals surface area contributed by atoms with Gasteiger partial charge in [0, 0.05) is 62.5 Å². The van der Waals surface area contributed by atoms with Crippen molar-refractivity contribution in [3.8, 4) is 16.9 Å². The first-order chi connectivity index (χ1) is 20.1. The number of carbonyl (C=O) groups excluding carboxylic acids is 1. The average molecular weight is 576 g/mol. The van der Waals surface area contributed by atoms with Gasteiger partial charge in [0.25, 0.3) is 0 Å². The number of rotatable bonds is 6. The molecule has 1 unspecified atom stereocenters. The fraction of sp³-hybridized carbons (Fsp3) is 0.455. The largest absolute Gasteiger partial charge is 0.492 e. The van der Waals surface area contributed by atoms with Crippen LogP contribution in [0.25, 0.3) is 11.1 Å². The van der Waals surface area contributed by atoms with Crippen LogP contribution in [0, 0.1) is 5.92 Å². The van der Waals surface area contributed by atoms with Gasteiger partial charge >= 0.3 is 6.03 Å². The second kappa shape index (κ2) is 14.6. The topological polar surface area (TPSA) is 99.2 Å². The highest BCUT2D eigenvalue weighted by Crippen LogP contribution is 2.32. The molecule has 1 aromatic heterocycles. The lowest BCUT2D eigenvalue weighted by molar-refractivity contribution is -0.0441. The van der Waals surface area contributed by atoms with E-state index in [0.29, 0.717) is 30.2 Å². The van der Waals surface area contributed by atoms with Crippen LogP contribution in [-0.2, 0) is 11.3 Å². The Kier molecular flexibility index (Phi) is 10.9. The standard InChI is InChI=1S/C33H45N5O4/c1-22(2)35-33(40)36-28-11-12-30-29(17-28)32(39)37(5)20-31(41-6)23(3)18-38(24(4)21-42-30)19-25-7-9-26(10-8-25)27-13-15-34-16-14-27/h7-17,22-24,31-32,39H,18-21H2,1-6H3,(H2,35,36,40)/t23-,24-,31-,32?/m0/s1. The summed E-state index contributed by atoms with van der Waals surface area (Å²) in [5.41, 5.74) is 4.69. The fourth-order valence-electron chi connectivity index (χ4n) is 5.28. The van der Waals surface area contributed by atoms with Crippen molar-refractivity contribution in [2.45, 2.75) is 58.7 Å². The summed E-state index contributed by atoms with van der Waals surface area (Å²) in [5.74, 6) is 0.773. The Morgan fingerprint density at radius 2 is 1.76 bits per heavy atom. The van der Waals surface area contributed by atoms with E-state index < -0.39 is 6.23 Å². The molecule has 1 aliphatic heterocycles. The van der Waals surface area contributed by atoms with Gasteiger partial charge in [-0.05, 0) is 80.8 Å². The van der Waals surface area contributed by atoms with Crippen molar-refractivity contribution in [3.63, 3.8) is 0 Å². The summed E-state index contributed by atoms with van der Waals surface area (Å²) >= 11 is 0. The molecule has 9 nitrogen and oxygen atoms in total. The molecule has 2 amide bonds. The van der Waals surface area contributed by atoms with Crippen LogP contribution < -0.4 is 15.4 Å². The normalized spacial score (nSPS) is 22.4. The molecule has 0 saturated carbocycles. The highest BCUT2D eigenvalue weighted by molar-refractivity contribution is 5.89. The first-order valence-electron chi connectivity index (χ1n) is 14.6.